The zero-order chi connectivity index (χ0) is 13.2. The van der Waals surface area contributed by atoms with Crippen LogP contribution in [0.15, 0.2) is 24.4 Å². The second kappa shape index (κ2) is 4.87. The van der Waals surface area contributed by atoms with Crippen LogP contribution in [0.25, 0.3) is 10.9 Å². The van der Waals surface area contributed by atoms with Crippen LogP contribution in [-0.4, -0.2) is 31.2 Å². The van der Waals surface area contributed by atoms with Gasteiger partial charge in [0, 0.05) is 37.8 Å². The Balaban J connectivity index is 2.23. The maximum atomic E-state index is 9.35. The molecule has 0 radical (unpaired) electrons. The van der Waals surface area contributed by atoms with Crippen LogP contribution >= 0.6 is 0 Å². The molecule has 0 aliphatic carbocycles. The van der Waals surface area contributed by atoms with E-state index in [0.717, 1.165) is 42.8 Å². The van der Waals surface area contributed by atoms with Gasteiger partial charge in [-0.25, -0.2) is 0 Å². The van der Waals surface area contributed by atoms with E-state index in [4.69, 9.17) is 0 Å². The fourth-order valence-corrected chi connectivity index (χ4v) is 2.60. The number of aryl methyl sites for hydroxylation is 1. The number of anilines is 1. The molecule has 1 aliphatic rings. The van der Waals surface area contributed by atoms with Gasteiger partial charge in [0.1, 0.15) is 6.07 Å². The van der Waals surface area contributed by atoms with Gasteiger partial charge in [0.2, 0.25) is 0 Å². The average molecular weight is 252 g/mol. The maximum Gasteiger partial charge on any atom is 0.103 e. The lowest BCUT2D eigenvalue weighted by Gasteiger charge is -2.31. The number of nitrogens with one attached hydrogen (secondary N) is 1. The lowest BCUT2D eigenvalue weighted by atomic mass is 10.1. The van der Waals surface area contributed by atoms with Gasteiger partial charge in [0.05, 0.1) is 16.8 Å². The van der Waals surface area contributed by atoms with Crippen molar-refractivity contribution in [2.45, 2.75) is 6.92 Å². The molecular formula is C15H16N4. The highest BCUT2D eigenvalue weighted by atomic mass is 15.2. The normalized spacial score (nSPS) is 15.5. The molecule has 4 heteroatoms. The van der Waals surface area contributed by atoms with Crippen molar-refractivity contribution in [3.05, 3.63) is 35.5 Å². The van der Waals surface area contributed by atoms with Gasteiger partial charge in [-0.1, -0.05) is 11.6 Å². The van der Waals surface area contributed by atoms with Crippen LogP contribution < -0.4 is 10.2 Å². The smallest absolute Gasteiger partial charge is 0.103 e. The number of hydrogen-bond donors (Lipinski definition) is 1. The summed E-state index contributed by atoms with van der Waals surface area (Å²) in [4.78, 5) is 6.67. The molecule has 1 aliphatic heterocycles. The van der Waals surface area contributed by atoms with E-state index in [-0.39, 0.29) is 0 Å². The third kappa shape index (κ3) is 2.13. The average Bonchev–Trinajstić information content (AvgIpc) is 2.46. The van der Waals surface area contributed by atoms with Gasteiger partial charge < -0.3 is 10.2 Å². The number of nitriles is 1. The van der Waals surface area contributed by atoms with E-state index in [1.54, 1.807) is 6.20 Å². The Morgan fingerprint density at radius 1 is 1.32 bits per heavy atom. The van der Waals surface area contributed by atoms with Crippen LogP contribution in [0.3, 0.4) is 0 Å². The van der Waals surface area contributed by atoms with E-state index in [2.05, 4.69) is 40.3 Å². The molecule has 0 unspecified atom stereocenters. The molecule has 0 amide bonds. The Bertz CT molecular complexity index is 651. The van der Waals surface area contributed by atoms with Gasteiger partial charge in [-0.2, -0.15) is 5.26 Å². The second-order valence-electron chi connectivity index (χ2n) is 4.89. The first-order valence-corrected chi connectivity index (χ1v) is 6.55. The van der Waals surface area contributed by atoms with Gasteiger partial charge >= 0.3 is 0 Å². The lowest BCUT2D eigenvalue weighted by Crippen LogP contribution is -2.43. The molecule has 19 heavy (non-hydrogen) atoms. The first kappa shape index (κ1) is 11.9. The number of benzene rings is 1. The van der Waals surface area contributed by atoms with E-state index in [9.17, 15) is 5.26 Å². The van der Waals surface area contributed by atoms with Crippen LogP contribution in [0, 0.1) is 18.3 Å². The molecule has 96 valence electrons. The van der Waals surface area contributed by atoms with Crippen LogP contribution in [0.5, 0.6) is 0 Å². The van der Waals surface area contributed by atoms with Crippen molar-refractivity contribution < 1.29 is 0 Å². The summed E-state index contributed by atoms with van der Waals surface area (Å²) in [7, 11) is 0. The monoisotopic (exact) mass is 252 g/mol. The van der Waals surface area contributed by atoms with E-state index in [0.29, 0.717) is 5.56 Å². The number of hydrogen-bond acceptors (Lipinski definition) is 4. The molecule has 2 heterocycles. The van der Waals surface area contributed by atoms with Gasteiger partial charge in [0.25, 0.3) is 0 Å². The van der Waals surface area contributed by atoms with Crippen LogP contribution in [-0.2, 0) is 0 Å². The van der Waals surface area contributed by atoms with E-state index < -0.39 is 0 Å². The van der Waals surface area contributed by atoms with Crippen LogP contribution in [0.1, 0.15) is 11.1 Å². The number of pyridine rings is 1. The summed E-state index contributed by atoms with van der Waals surface area (Å²) in [6, 6.07) is 8.49. The Kier molecular flexibility index (Phi) is 3.06. The first-order valence-electron chi connectivity index (χ1n) is 6.55. The standard InChI is InChI=1S/C15H16N4/c1-11-2-3-14-13(8-11)15(12(9-16)10-18-14)19-6-4-17-5-7-19/h2-3,8,10,17H,4-7H2,1H3. The van der Waals surface area contributed by atoms with Crippen molar-refractivity contribution in [1.29, 1.82) is 5.26 Å². The van der Waals surface area contributed by atoms with E-state index in [1.807, 2.05) is 6.07 Å². The molecular weight excluding hydrogens is 236 g/mol. The largest absolute Gasteiger partial charge is 0.367 e. The SMILES string of the molecule is Cc1ccc2ncc(C#N)c(N3CCNCC3)c2c1. The maximum absolute atomic E-state index is 9.35. The molecule has 2 aromatic rings. The number of aromatic nitrogens is 1. The highest BCUT2D eigenvalue weighted by Crippen LogP contribution is 2.30. The minimum absolute atomic E-state index is 0.667. The van der Waals surface area contributed by atoms with Crippen LogP contribution in [0.2, 0.25) is 0 Å². The third-order valence-electron chi connectivity index (χ3n) is 3.55. The molecule has 1 fully saturated rings. The van der Waals surface area contributed by atoms with E-state index in [1.165, 1.54) is 5.56 Å². The minimum Gasteiger partial charge on any atom is -0.367 e. The highest BCUT2D eigenvalue weighted by Gasteiger charge is 2.17. The Hall–Kier alpha value is -2.12. The first-order chi connectivity index (χ1) is 9.29. The van der Waals surface area contributed by atoms with Gasteiger partial charge in [-0.3, -0.25) is 4.98 Å². The third-order valence-corrected chi connectivity index (χ3v) is 3.55. The molecule has 0 atom stereocenters. The zero-order valence-corrected chi connectivity index (χ0v) is 11.0. The summed E-state index contributed by atoms with van der Waals surface area (Å²) in [5.41, 5.74) is 3.86. The van der Waals surface area contributed by atoms with Gasteiger partial charge in [0.15, 0.2) is 0 Å². The van der Waals surface area contributed by atoms with E-state index >= 15 is 0 Å². The molecule has 1 aromatic heterocycles. The topological polar surface area (TPSA) is 52.0 Å². The van der Waals surface area contributed by atoms with Crippen molar-refractivity contribution in [3.8, 4) is 6.07 Å². The fraction of sp³-hybridized carbons (Fsp3) is 0.333. The van der Waals surface area contributed by atoms with Gasteiger partial charge in [-0.15, -0.1) is 0 Å². The molecule has 0 saturated carbocycles. The molecule has 1 aromatic carbocycles. The highest BCUT2D eigenvalue weighted by molar-refractivity contribution is 5.95. The molecule has 1 N–H and O–H groups in total. The summed E-state index contributed by atoms with van der Waals surface area (Å²) in [6.07, 6.45) is 1.69. The van der Waals surface area contributed by atoms with Crippen molar-refractivity contribution in [1.82, 2.24) is 10.3 Å². The Morgan fingerprint density at radius 3 is 2.84 bits per heavy atom. The summed E-state index contributed by atoms with van der Waals surface area (Å²) < 4.78 is 0. The molecule has 1 saturated heterocycles. The molecule has 0 spiro atoms. The molecule has 3 rings (SSSR count). The summed E-state index contributed by atoms with van der Waals surface area (Å²) in [5, 5.41) is 13.8. The predicted molar refractivity (Wildman–Crippen MR) is 76.3 cm³/mol. The zero-order valence-electron chi connectivity index (χ0n) is 11.0. The number of nitrogens with zero attached hydrogens (tertiary/aromatic N) is 3. The second-order valence-corrected chi connectivity index (χ2v) is 4.89. The summed E-state index contributed by atoms with van der Waals surface area (Å²) in [5.74, 6) is 0. The predicted octanol–water partition coefficient (Wildman–Crippen LogP) is 1.82. The number of piperazine rings is 1. The van der Waals surface area contributed by atoms with Crippen molar-refractivity contribution >= 4 is 16.6 Å². The van der Waals surface area contributed by atoms with Crippen LogP contribution in [0.4, 0.5) is 5.69 Å². The number of rotatable bonds is 1. The quantitative estimate of drug-likeness (QED) is 0.841. The van der Waals surface area contributed by atoms with Crippen molar-refractivity contribution in [2.75, 3.05) is 31.1 Å². The summed E-state index contributed by atoms with van der Waals surface area (Å²) >= 11 is 0. The van der Waals surface area contributed by atoms with Crippen molar-refractivity contribution in [2.24, 2.45) is 0 Å². The number of fused-ring (bicyclic) bond motifs is 1. The molecule has 4 nitrogen and oxygen atoms in total. The minimum atomic E-state index is 0.667. The molecule has 0 bridgehead atoms. The van der Waals surface area contributed by atoms with Gasteiger partial charge in [-0.05, 0) is 19.1 Å². The Labute approximate surface area is 112 Å². The lowest BCUT2D eigenvalue weighted by molar-refractivity contribution is 0.590. The fourth-order valence-electron chi connectivity index (χ4n) is 2.60. The Morgan fingerprint density at radius 2 is 2.11 bits per heavy atom. The summed E-state index contributed by atoms with van der Waals surface area (Å²) in [6.45, 7) is 5.85. The van der Waals surface area contributed by atoms with Crippen molar-refractivity contribution in [3.63, 3.8) is 0 Å².